The van der Waals surface area contributed by atoms with Crippen molar-refractivity contribution in [2.45, 2.75) is 70.6 Å². The maximum Gasteiger partial charge on any atom is 0.381 e. The van der Waals surface area contributed by atoms with E-state index in [1.807, 2.05) is 60.7 Å². The SMILES string of the molecule is C=C(C)C(=O)OCCOC.C=C(C)C(=O)OCCOC.C=C(C)C(=O)OCCOc1ccccc1.C=CC(=O)CCCO.C=CC(=O)OCC(F)(F)C(F)(F)C(F)(F)C(F)F.C=CC(=O)OCCCCO.C=CC(=O)OCCO.C=CC(=O)OCCOC.C=CC(=O)OCCOC.C=CC(=O)OCCOc1ccccc1. The number of aliphatic hydroxyl groups excluding tert-OH is 3. The smallest absolute Gasteiger partial charge is 0.381 e. The van der Waals surface area contributed by atoms with Gasteiger partial charge in [0.2, 0.25) is 0 Å². The van der Waals surface area contributed by atoms with Gasteiger partial charge in [0.05, 0.1) is 39.6 Å². The predicted octanol–water partition coefficient (Wildman–Crippen LogP) is 9.80. The largest absolute Gasteiger partial charge is 0.490 e. The van der Waals surface area contributed by atoms with Crippen LogP contribution in [0.2, 0.25) is 0 Å². The molecule has 0 unspecified atom stereocenters. The number of allylic oxidation sites excluding steroid dienone is 1. The van der Waals surface area contributed by atoms with Gasteiger partial charge in [0, 0.05) is 101 Å². The molecule has 2 rings (SSSR count). The number of hydrogen-bond donors (Lipinski definition) is 3. The lowest BCUT2D eigenvalue weighted by atomic mass is 10.1. The summed E-state index contributed by atoms with van der Waals surface area (Å²) in [4.78, 5) is 105. The van der Waals surface area contributed by atoms with Crippen LogP contribution >= 0.6 is 0 Å². The van der Waals surface area contributed by atoms with Crippen LogP contribution in [0.25, 0.3) is 0 Å². The van der Waals surface area contributed by atoms with Gasteiger partial charge in [-0.3, -0.25) is 4.79 Å². The molecule has 0 bridgehead atoms. The number of benzene rings is 2. The van der Waals surface area contributed by atoms with Crippen LogP contribution in [0.3, 0.4) is 0 Å². The molecule has 0 fully saturated rings. The number of para-hydroxylation sites is 2. The van der Waals surface area contributed by atoms with E-state index in [1.165, 1.54) is 6.08 Å². The van der Waals surface area contributed by atoms with Crippen LogP contribution in [-0.4, -0.2) is 246 Å². The molecule has 0 aliphatic carbocycles. The van der Waals surface area contributed by atoms with Crippen molar-refractivity contribution in [3.05, 3.63) is 186 Å². The number of unbranched alkanes of at least 4 members (excludes halogenated alkanes) is 1. The fraction of sp³-hybridized carbons (Fsp3) is 0.440. The number of methoxy groups -OCH3 is 4. The summed E-state index contributed by atoms with van der Waals surface area (Å²) in [5.74, 6) is -21.6. The number of ether oxygens (including phenoxy) is 15. The Kier molecular flexibility index (Phi) is 84.3. The zero-order valence-corrected chi connectivity index (χ0v) is 63.6. The van der Waals surface area contributed by atoms with Crippen molar-refractivity contribution in [3.8, 4) is 11.5 Å². The zero-order valence-electron chi connectivity index (χ0n) is 63.6. The molecule has 630 valence electrons. The van der Waals surface area contributed by atoms with Gasteiger partial charge in [0.1, 0.15) is 71.0 Å². The molecule has 0 atom stereocenters. The molecule has 0 spiro atoms. The second-order valence-corrected chi connectivity index (χ2v) is 19.6. The van der Waals surface area contributed by atoms with Crippen molar-refractivity contribution < 1.29 is 169 Å². The monoisotopic (exact) mass is 1610 g/mol. The number of rotatable bonds is 44. The third kappa shape index (κ3) is 78.9. The molecule has 36 heteroatoms. The van der Waals surface area contributed by atoms with Crippen LogP contribution in [0.15, 0.2) is 186 Å². The Bertz CT molecular complexity index is 2860. The summed E-state index contributed by atoms with van der Waals surface area (Å²) in [7, 11) is 6.19. The standard InChI is InChI=1S/C12H14O3.C11H12O3.C8H6F8O2.3C7H12O3.2C6H10O3.C6H10O2.C5H8O3/c1-10(2)12(13)15-9-8-14-11-6-4-3-5-7-11;1-2-11(12)14-9-8-13-10-6-4-3-5-7-10;1-2-4(17)18-3-6(11,12)8(15,16)7(13,14)5(9)10;2*1-6(2)7(8)10-5-4-9-3;1-2-7(9)10-6-4-3-5-8;2*1-3-6(7)9-5-4-8-2;1-2-6(8)4-3-5-7;1-2-5(7)8-4-3-6/h3-7H,1,8-9H2,2H3;2-7H,1,8-9H2;2,5H,1,3H2;2*1,4-5H2,2-3H3;2,8H,1,3-6H2;2*3H,1,4-5H2,2H3;2,7H,1,3-5H2;2,6H,1,3-4H2. The van der Waals surface area contributed by atoms with Gasteiger partial charge >= 0.3 is 77.9 Å². The number of carbonyl (C=O) groups excluding carboxylic acids is 10. The van der Waals surface area contributed by atoms with Gasteiger partial charge in [0.25, 0.3) is 0 Å². The molecule has 2 aromatic carbocycles. The van der Waals surface area contributed by atoms with Crippen molar-refractivity contribution in [1.29, 1.82) is 0 Å². The van der Waals surface area contributed by atoms with Crippen molar-refractivity contribution in [3.63, 3.8) is 0 Å². The van der Waals surface area contributed by atoms with E-state index in [0.29, 0.717) is 121 Å². The highest BCUT2D eigenvalue weighted by Crippen LogP contribution is 2.48. The van der Waals surface area contributed by atoms with E-state index >= 15 is 0 Å². The Hall–Kier alpha value is -10.5. The van der Waals surface area contributed by atoms with Gasteiger partial charge in [0.15, 0.2) is 12.4 Å². The van der Waals surface area contributed by atoms with E-state index in [4.69, 9.17) is 34.3 Å². The molecule has 2 aromatic rings. The fourth-order valence-corrected chi connectivity index (χ4v) is 4.76. The maximum atomic E-state index is 12.7. The average molecular weight is 1610 g/mol. The Morgan fingerprint density at radius 2 is 0.649 bits per heavy atom. The van der Waals surface area contributed by atoms with Crippen molar-refractivity contribution in [2.75, 3.05) is 147 Å². The molecule has 0 heterocycles. The summed E-state index contributed by atoms with van der Waals surface area (Å²) in [6.07, 6.45) is 4.46. The third-order valence-electron chi connectivity index (χ3n) is 10.3. The Balaban J connectivity index is -0.000000179. The van der Waals surface area contributed by atoms with E-state index in [9.17, 15) is 83.1 Å². The Morgan fingerprint density at radius 3 is 0.919 bits per heavy atom. The molecule has 111 heavy (non-hydrogen) atoms. The summed E-state index contributed by atoms with van der Waals surface area (Å²) < 4.78 is 168. The van der Waals surface area contributed by atoms with Gasteiger partial charge in [-0.25, -0.2) is 51.9 Å². The van der Waals surface area contributed by atoms with Crippen LogP contribution in [-0.2, 0) is 110 Å². The molecular weight excluding hydrogens is 1500 g/mol. The number of hydrogen-bond acceptors (Lipinski definition) is 28. The molecule has 0 saturated heterocycles. The normalized spacial score (nSPS) is 9.65. The molecule has 0 aliphatic rings. The van der Waals surface area contributed by atoms with Crippen molar-refractivity contribution in [2.24, 2.45) is 0 Å². The topological polar surface area (TPSA) is 370 Å². The number of alkyl halides is 8. The number of aliphatic hydroxyl groups is 3. The van der Waals surface area contributed by atoms with Crippen LogP contribution in [0.1, 0.15) is 46.5 Å². The molecule has 0 radical (unpaired) electrons. The zero-order chi connectivity index (χ0) is 86.9. The lowest BCUT2D eigenvalue weighted by molar-refractivity contribution is -0.344. The van der Waals surface area contributed by atoms with Crippen molar-refractivity contribution in [1.82, 2.24) is 0 Å². The number of esters is 9. The molecule has 0 saturated carbocycles. The summed E-state index contributed by atoms with van der Waals surface area (Å²) in [5.41, 5.74) is 1.22. The van der Waals surface area contributed by atoms with E-state index in [0.717, 1.165) is 41.9 Å². The van der Waals surface area contributed by atoms with Crippen LogP contribution in [0.5, 0.6) is 11.5 Å². The molecule has 0 aromatic heterocycles. The maximum absolute atomic E-state index is 12.7. The van der Waals surface area contributed by atoms with Gasteiger partial charge in [-0.1, -0.05) is 102 Å². The lowest BCUT2D eigenvalue weighted by Gasteiger charge is -2.31. The highest BCUT2D eigenvalue weighted by Gasteiger charge is 2.75. The first kappa shape index (κ1) is 116. The minimum atomic E-state index is -6.38. The average Bonchev–Trinajstić information content (AvgIpc) is 0.763. The van der Waals surface area contributed by atoms with Crippen LogP contribution in [0, 0.1) is 0 Å². The molecular formula is C75H106F8O28. The number of carbonyl (C=O) groups is 10. The van der Waals surface area contributed by atoms with Gasteiger partial charge in [-0.2, -0.15) is 26.3 Å². The molecule has 3 N–H and O–H groups in total. The second kappa shape index (κ2) is 80.5. The molecule has 0 aliphatic heterocycles. The van der Waals surface area contributed by atoms with Crippen molar-refractivity contribution >= 4 is 59.5 Å². The third-order valence-corrected chi connectivity index (χ3v) is 10.3. The van der Waals surface area contributed by atoms with Gasteiger partial charge in [-0.05, 0) is 70.4 Å². The molecule has 0 amide bonds. The van der Waals surface area contributed by atoms with E-state index in [2.05, 4.69) is 118 Å². The van der Waals surface area contributed by atoms with Gasteiger partial charge < -0.3 is 86.4 Å². The first-order chi connectivity index (χ1) is 52.3. The van der Waals surface area contributed by atoms with Gasteiger partial charge in [-0.15, -0.1) is 0 Å². The first-order valence-electron chi connectivity index (χ1n) is 32.3. The second-order valence-electron chi connectivity index (χ2n) is 19.6. The fourth-order valence-electron chi connectivity index (χ4n) is 4.76. The summed E-state index contributed by atoms with van der Waals surface area (Å²) in [6, 6.07) is 18.7. The minimum absolute atomic E-state index is 0.000880. The van der Waals surface area contributed by atoms with Crippen LogP contribution in [0.4, 0.5) is 35.1 Å². The van der Waals surface area contributed by atoms with E-state index < -0.39 is 66.6 Å². The summed E-state index contributed by atoms with van der Waals surface area (Å²) in [6.45, 7) is 39.4. The molecule has 28 nitrogen and oxygen atoms in total. The Morgan fingerprint density at radius 1 is 0.369 bits per heavy atom. The van der Waals surface area contributed by atoms with E-state index in [1.54, 1.807) is 49.2 Å². The number of halogens is 8. The van der Waals surface area contributed by atoms with E-state index in [-0.39, 0.29) is 63.3 Å². The highest BCUT2D eigenvalue weighted by molar-refractivity contribution is 5.89. The highest BCUT2D eigenvalue weighted by atomic mass is 19.4. The minimum Gasteiger partial charge on any atom is -0.490 e. The quantitative estimate of drug-likeness (QED) is 0.0182. The Labute approximate surface area is 642 Å². The lowest BCUT2D eigenvalue weighted by Crippen LogP contribution is -2.59. The number of ketones is 1. The summed E-state index contributed by atoms with van der Waals surface area (Å²) in [5, 5.41) is 24.7. The first-order valence-corrected chi connectivity index (χ1v) is 32.3. The summed E-state index contributed by atoms with van der Waals surface area (Å²) >= 11 is 0. The predicted molar refractivity (Wildman–Crippen MR) is 391 cm³/mol. The van der Waals surface area contributed by atoms with Crippen LogP contribution < -0.4 is 9.47 Å².